The Kier molecular flexibility index (Phi) is 7.68. The standard InChI is InChI=1S/C19H26ClN2O4P/c1-13(2)25-27(23,26-14(3)4)19(15-6-9-17(24-5)10-7-15)22-18-11-8-16(20)12-21-18/h6-14,19H,1-5H3,(H,21,22). The second-order valence-electron chi connectivity index (χ2n) is 6.53. The predicted octanol–water partition coefficient (Wildman–Crippen LogP) is 5.90. The Balaban J connectivity index is 2.47. The van der Waals surface area contributed by atoms with Crippen LogP contribution in [-0.2, 0) is 13.6 Å². The number of hydrogen-bond donors (Lipinski definition) is 1. The topological polar surface area (TPSA) is 69.7 Å². The van der Waals surface area contributed by atoms with E-state index in [-0.39, 0.29) is 12.2 Å². The highest BCUT2D eigenvalue weighted by molar-refractivity contribution is 7.54. The van der Waals surface area contributed by atoms with E-state index < -0.39 is 13.4 Å². The molecule has 6 nitrogen and oxygen atoms in total. The van der Waals surface area contributed by atoms with E-state index in [1.54, 1.807) is 31.4 Å². The number of hydrogen-bond acceptors (Lipinski definition) is 6. The first kappa shape index (κ1) is 21.7. The number of benzene rings is 1. The van der Waals surface area contributed by atoms with Gasteiger partial charge in [-0.25, -0.2) is 4.98 Å². The molecule has 27 heavy (non-hydrogen) atoms. The quantitative estimate of drug-likeness (QED) is 0.517. The Morgan fingerprint density at radius 1 is 1.00 bits per heavy atom. The van der Waals surface area contributed by atoms with Crippen molar-refractivity contribution in [3.63, 3.8) is 0 Å². The van der Waals surface area contributed by atoms with Crippen LogP contribution in [0.5, 0.6) is 5.75 Å². The summed E-state index contributed by atoms with van der Waals surface area (Å²) in [6.07, 6.45) is 0.956. The average Bonchev–Trinajstić information content (AvgIpc) is 2.60. The molecule has 0 aliphatic rings. The second kappa shape index (κ2) is 9.56. The lowest BCUT2D eigenvalue weighted by atomic mass is 10.2. The molecule has 0 aliphatic heterocycles. The van der Waals surface area contributed by atoms with Crippen molar-refractivity contribution in [3.05, 3.63) is 53.2 Å². The van der Waals surface area contributed by atoms with Crippen molar-refractivity contribution < 1.29 is 18.3 Å². The van der Waals surface area contributed by atoms with Crippen molar-refractivity contribution in [2.45, 2.75) is 45.7 Å². The highest BCUT2D eigenvalue weighted by atomic mass is 35.5. The first-order valence-corrected chi connectivity index (χ1v) is 10.7. The zero-order valence-corrected chi connectivity index (χ0v) is 17.8. The molecule has 1 aromatic carbocycles. The van der Waals surface area contributed by atoms with Crippen LogP contribution in [0.4, 0.5) is 5.82 Å². The van der Waals surface area contributed by atoms with E-state index >= 15 is 0 Å². The van der Waals surface area contributed by atoms with Crippen LogP contribution < -0.4 is 10.1 Å². The number of ether oxygens (including phenoxy) is 1. The van der Waals surface area contributed by atoms with E-state index in [0.29, 0.717) is 16.6 Å². The fraction of sp³-hybridized carbons (Fsp3) is 0.421. The van der Waals surface area contributed by atoms with Crippen molar-refractivity contribution in [3.8, 4) is 5.75 Å². The Labute approximate surface area is 165 Å². The van der Waals surface area contributed by atoms with E-state index in [1.807, 2.05) is 39.8 Å². The van der Waals surface area contributed by atoms with Gasteiger partial charge in [-0.3, -0.25) is 4.57 Å². The summed E-state index contributed by atoms with van der Waals surface area (Å²) < 4.78 is 30.6. The van der Waals surface area contributed by atoms with Crippen molar-refractivity contribution in [1.82, 2.24) is 4.98 Å². The number of methoxy groups -OCH3 is 1. The van der Waals surface area contributed by atoms with Crippen LogP contribution in [-0.4, -0.2) is 24.3 Å². The van der Waals surface area contributed by atoms with Crippen LogP contribution in [0.2, 0.25) is 5.02 Å². The van der Waals surface area contributed by atoms with Crippen molar-refractivity contribution in [1.29, 1.82) is 0 Å². The third-order valence-electron chi connectivity index (χ3n) is 3.48. The number of halogens is 1. The third-order valence-corrected chi connectivity index (χ3v) is 6.19. The summed E-state index contributed by atoms with van der Waals surface area (Å²) in [5, 5.41) is 3.70. The summed E-state index contributed by atoms with van der Waals surface area (Å²) in [6.45, 7) is 7.29. The molecule has 0 saturated carbocycles. The van der Waals surface area contributed by atoms with Gasteiger partial charge in [-0.15, -0.1) is 0 Å². The largest absolute Gasteiger partial charge is 0.497 e. The fourth-order valence-corrected chi connectivity index (χ4v) is 4.87. The van der Waals surface area contributed by atoms with Crippen molar-refractivity contribution >= 4 is 25.0 Å². The molecule has 1 N–H and O–H groups in total. The van der Waals surface area contributed by atoms with E-state index in [9.17, 15) is 4.57 Å². The highest BCUT2D eigenvalue weighted by Crippen LogP contribution is 2.62. The van der Waals surface area contributed by atoms with E-state index in [2.05, 4.69) is 10.3 Å². The fourth-order valence-electron chi connectivity index (χ4n) is 2.47. The van der Waals surface area contributed by atoms with Crippen molar-refractivity contribution in [2.24, 2.45) is 0 Å². The molecule has 1 aromatic heterocycles. The number of nitrogens with zero attached hydrogens (tertiary/aromatic N) is 1. The molecule has 0 radical (unpaired) electrons. The summed E-state index contributed by atoms with van der Waals surface area (Å²) in [4.78, 5) is 4.25. The van der Waals surface area contributed by atoms with Crippen LogP contribution in [0, 0.1) is 0 Å². The van der Waals surface area contributed by atoms with Crippen LogP contribution in [0.15, 0.2) is 42.6 Å². The summed E-state index contributed by atoms with van der Waals surface area (Å²) in [7, 11) is -2.00. The molecule has 1 heterocycles. The molecular weight excluding hydrogens is 387 g/mol. The summed E-state index contributed by atoms with van der Waals surface area (Å²) in [5.74, 6) is 0.466. The molecular formula is C19H26ClN2O4P. The lowest BCUT2D eigenvalue weighted by molar-refractivity contribution is 0.138. The summed E-state index contributed by atoms with van der Waals surface area (Å²) in [5.41, 5.74) is 0.734. The molecule has 8 heteroatoms. The Hall–Kier alpha value is -1.59. The monoisotopic (exact) mass is 412 g/mol. The molecule has 0 bridgehead atoms. The number of pyridine rings is 1. The van der Waals surface area contributed by atoms with Crippen LogP contribution in [0.1, 0.15) is 39.0 Å². The first-order valence-electron chi connectivity index (χ1n) is 8.72. The normalized spacial score (nSPS) is 13.0. The summed E-state index contributed by atoms with van der Waals surface area (Å²) >= 11 is 5.92. The van der Waals surface area contributed by atoms with Gasteiger partial charge in [-0.2, -0.15) is 0 Å². The van der Waals surface area contributed by atoms with Gasteiger partial charge in [0.2, 0.25) is 0 Å². The van der Waals surface area contributed by atoms with Gasteiger partial charge in [0.25, 0.3) is 0 Å². The summed E-state index contributed by atoms with van der Waals surface area (Å²) in [6, 6.07) is 10.7. The van der Waals surface area contributed by atoms with Crippen LogP contribution in [0.3, 0.4) is 0 Å². The van der Waals surface area contributed by atoms with E-state index in [0.717, 1.165) is 5.56 Å². The minimum Gasteiger partial charge on any atom is -0.497 e. The molecule has 0 aliphatic carbocycles. The average molecular weight is 413 g/mol. The first-order chi connectivity index (χ1) is 12.7. The zero-order valence-electron chi connectivity index (χ0n) is 16.2. The van der Waals surface area contributed by atoms with Gasteiger partial charge in [0.1, 0.15) is 11.6 Å². The van der Waals surface area contributed by atoms with Gasteiger partial charge in [0.05, 0.1) is 24.3 Å². The maximum absolute atomic E-state index is 13.8. The lowest BCUT2D eigenvalue weighted by Gasteiger charge is -2.31. The SMILES string of the molecule is COc1ccc(C(Nc2ccc(Cl)cn2)P(=O)(OC(C)C)OC(C)C)cc1. The lowest BCUT2D eigenvalue weighted by Crippen LogP contribution is -2.19. The highest BCUT2D eigenvalue weighted by Gasteiger charge is 2.39. The predicted molar refractivity (Wildman–Crippen MR) is 109 cm³/mol. The molecule has 0 fully saturated rings. The van der Waals surface area contributed by atoms with Gasteiger partial charge >= 0.3 is 7.60 Å². The van der Waals surface area contributed by atoms with E-state index in [4.69, 9.17) is 25.4 Å². The number of aromatic nitrogens is 1. The molecule has 0 amide bonds. The van der Waals surface area contributed by atoms with E-state index in [1.165, 1.54) is 6.20 Å². The van der Waals surface area contributed by atoms with Crippen LogP contribution in [0.25, 0.3) is 0 Å². The second-order valence-corrected chi connectivity index (χ2v) is 8.98. The molecule has 0 saturated heterocycles. The third kappa shape index (κ3) is 6.22. The van der Waals surface area contributed by atoms with Gasteiger partial charge in [-0.1, -0.05) is 23.7 Å². The van der Waals surface area contributed by atoms with Crippen LogP contribution >= 0.6 is 19.2 Å². The minimum absolute atomic E-state index is 0.282. The molecule has 1 unspecified atom stereocenters. The molecule has 0 spiro atoms. The number of nitrogens with one attached hydrogen (secondary N) is 1. The minimum atomic E-state index is -3.59. The maximum atomic E-state index is 13.8. The Morgan fingerprint density at radius 2 is 1.59 bits per heavy atom. The van der Waals surface area contributed by atoms with Gasteiger partial charge in [0, 0.05) is 6.20 Å². The Bertz CT molecular complexity index is 752. The Morgan fingerprint density at radius 3 is 2.04 bits per heavy atom. The van der Waals surface area contributed by atoms with Crippen molar-refractivity contribution in [2.75, 3.05) is 12.4 Å². The molecule has 1 atom stereocenters. The number of rotatable bonds is 9. The molecule has 2 aromatic rings. The van der Waals surface area contributed by atoms with Gasteiger partial charge in [-0.05, 0) is 57.5 Å². The molecule has 2 rings (SSSR count). The zero-order chi connectivity index (χ0) is 20.0. The smallest absolute Gasteiger partial charge is 0.357 e. The number of anilines is 1. The van der Waals surface area contributed by atoms with Gasteiger partial charge < -0.3 is 19.1 Å². The molecule has 148 valence electrons. The van der Waals surface area contributed by atoms with Gasteiger partial charge in [0.15, 0.2) is 5.78 Å². The maximum Gasteiger partial charge on any atom is 0.357 e.